The molecule has 0 aliphatic rings. The maximum Gasteiger partial charge on any atom is 0.0452 e. The van der Waals surface area contributed by atoms with E-state index in [1.54, 1.807) is 0 Å². The molecule has 0 spiro atoms. The van der Waals surface area contributed by atoms with Crippen LogP contribution in [0.5, 0.6) is 0 Å². The second-order valence-corrected chi connectivity index (χ2v) is 3.62. The minimum atomic E-state index is 0.788. The van der Waals surface area contributed by atoms with Crippen molar-refractivity contribution in [1.29, 1.82) is 0 Å². The second-order valence-electron chi connectivity index (χ2n) is 2.80. The molecule has 0 bridgehead atoms. The van der Waals surface area contributed by atoms with E-state index in [0.29, 0.717) is 0 Å². The molecule has 0 aliphatic heterocycles. The smallest absolute Gasteiger partial charge is 0.0452 e. The van der Waals surface area contributed by atoms with Gasteiger partial charge in [0.05, 0.1) is 0 Å². The van der Waals surface area contributed by atoms with Crippen LogP contribution in [0.15, 0.2) is 18.2 Å². The Hall–Kier alpha value is -0.200. The lowest BCUT2D eigenvalue weighted by Crippen LogP contribution is -1.87. The molecule has 0 saturated carbocycles. The predicted molar refractivity (Wildman–Crippen MR) is 66.4 cm³/mol. The first-order valence-electron chi connectivity index (χ1n) is 5.18. The first kappa shape index (κ1) is 13.8. The van der Waals surface area contributed by atoms with Gasteiger partial charge < -0.3 is 0 Å². The van der Waals surface area contributed by atoms with Crippen LogP contribution in [0, 0.1) is 0 Å². The summed E-state index contributed by atoms with van der Waals surface area (Å²) < 4.78 is 0. The zero-order chi connectivity index (χ0) is 11.0. The summed E-state index contributed by atoms with van der Waals surface area (Å²) in [5.41, 5.74) is 1.09. The Bertz CT molecular complexity index is 236. The molecule has 0 unspecified atom stereocenters. The topological polar surface area (TPSA) is 0 Å². The van der Waals surface area contributed by atoms with Crippen molar-refractivity contribution < 1.29 is 0 Å². The van der Waals surface area contributed by atoms with E-state index in [0.717, 1.165) is 28.5 Å². The highest BCUT2D eigenvalue weighted by molar-refractivity contribution is 6.35. The van der Waals surface area contributed by atoms with Gasteiger partial charge >= 0.3 is 0 Å². The van der Waals surface area contributed by atoms with Crippen LogP contribution >= 0.6 is 23.2 Å². The molecule has 0 atom stereocenters. The fourth-order valence-corrected chi connectivity index (χ4v) is 1.71. The maximum atomic E-state index is 5.98. The van der Waals surface area contributed by atoms with E-state index in [1.807, 2.05) is 32.0 Å². The van der Waals surface area contributed by atoms with Gasteiger partial charge in [0, 0.05) is 10.0 Å². The number of halogens is 2. The third kappa shape index (κ3) is 4.34. The number of hydrogen-bond acceptors (Lipinski definition) is 0. The van der Waals surface area contributed by atoms with Crippen LogP contribution in [0.25, 0.3) is 0 Å². The fraction of sp³-hybridized carbons (Fsp3) is 0.500. The molecule has 0 heterocycles. The highest BCUT2D eigenvalue weighted by atomic mass is 35.5. The second kappa shape index (κ2) is 8.14. The molecule has 0 aromatic heterocycles. The van der Waals surface area contributed by atoms with E-state index in [1.165, 1.54) is 6.42 Å². The van der Waals surface area contributed by atoms with Crippen LogP contribution in [-0.4, -0.2) is 0 Å². The van der Waals surface area contributed by atoms with E-state index in [9.17, 15) is 0 Å². The van der Waals surface area contributed by atoms with Crippen molar-refractivity contribution in [3.8, 4) is 0 Å². The van der Waals surface area contributed by atoms with Gasteiger partial charge in [-0.15, -0.1) is 0 Å². The van der Waals surface area contributed by atoms with Gasteiger partial charge in [0.1, 0.15) is 0 Å². The summed E-state index contributed by atoms with van der Waals surface area (Å²) in [6, 6.07) is 5.65. The minimum absolute atomic E-state index is 0.788. The zero-order valence-electron chi connectivity index (χ0n) is 9.11. The predicted octanol–water partition coefficient (Wildman–Crippen LogP) is 5.36. The maximum absolute atomic E-state index is 5.98. The van der Waals surface area contributed by atoms with Gasteiger partial charge in [-0.1, -0.05) is 56.5 Å². The standard InChI is InChI=1S/C10H12Cl2.C2H6/c1-2-3-5-8-9(11)6-4-7-10(8)12;1-2/h4,6-7H,2-3,5H2,1H3;1-2H3. The van der Waals surface area contributed by atoms with Crippen molar-refractivity contribution in [3.63, 3.8) is 0 Å². The molecule has 80 valence electrons. The van der Waals surface area contributed by atoms with Gasteiger partial charge in [0.25, 0.3) is 0 Å². The highest BCUT2D eigenvalue weighted by Crippen LogP contribution is 2.25. The van der Waals surface area contributed by atoms with Gasteiger partial charge in [-0.2, -0.15) is 0 Å². The van der Waals surface area contributed by atoms with Crippen molar-refractivity contribution in [1.82, 2.24) is 0 Å². The molecule has 0 nitrogen and oxygen atoms in total. The quantitative estimate of drug-likeness (QED) is 0.659. The van der Waals surface area contributed by atoms with Crippen LogP contribution in [0.2, 0.25) is 10.0 Å². The van der Waals surface area contributed by atoms with Crippen LogP contribution in [0.4, 0.5) is 0 Å². The highest BCUT2D eigenvalue weighted by Gasteiger charge is 2.03. The average molecular weight is 233 g/mol. The Kier molecular flexibility index (Phi) is 8.02. The third-order valence-electron chi connectivity index (χ3n) is 1.84. The summed E-state index contributed by atoms with van der Waals surface area (Å²) in [5, 5.41) is 1.58. The number of hydrogen-bond donors (Lipinski definition) is 0. The van der Waals surface area contributed by atoms with E-state index < -0.39 is 0 Å². The summed E-state index contributed by atoms with van der Waals surface area (Å²) >= 11 is 12.0. The first-order chi connectivity index (χ1) is 6.75. The SMILES string of the molecule is CC.CCCCc1c(Cl)cccc1Cl. The Morgan fingerprint density at radius 3 is 2.00 bits per heavy atom. The summed E-state index contributed by atoms with van der Waals surface area (Å²) in [6.07, 6.45) is 3.29. The normalized spacial score (nSPS) is 9.21. The molecule has 0 amide bonds. The largest absolute Gasteiger partial charge is 0.0840 e. The van der Waals surface area contributed by atoms with Crippen LogP contribution in [0.3, 0.4) is 0 Å². The van der Waals surface area contributed by atoms with Crippen molar-refractivity contribution in [2.24, 2.45) is 0 Å². The Labute approximate surface area is 97.2 Å². The van der Waals surface area contributed by atoms with Crippen molar-refractivity contribution >= 4 is 23.2 Å². The summed E-state index contributed by atoms with van der Waals surface area (Å²) in [7, 11) is 0. The molecular weight excluding hydrogens is 215 g/mol. The Balaban J connectivity index is 0.000000791. The van der Waals surface area contributed by atoms with Gasteiger partial charge in [-0.25, -0.2) is 0 Å². The lowest BCUT2D eigenvalue weighted by atomic mass is 10.1. The molecular formula is C12H18Cl2. The molecule has 0 aliphatic carbocycles. The van der Waals surface area contributed by atoms with E-state index in [2.05, 4.69) is 6.92 Å². The summed E-state index contributed by atoms with van der Waals surface area (Å²) in [4.78, 5) is 0. The van der Waals surface area contributed by atoms with Crippen molar-refractivity contribution in [2.45, 2.75) is 40.0 Å². The monoisotopic (exact) mass is 232 g/mol. The first-order valence-corrected chi connectivity index (χ1v) is 5.94. The van der Waals surface area contributed by atoms with Crippen molar-refractivity contribution in [2.75, 3.05) is 0 Å². The molecule has 0 N–H and O–H groups in total. The average Bonchev–Trinajstić information content (AvgIpc) is 2.20. The zero-order valence-corrected chi connectivity index (χ0v) is 10.6. The van der Waals surface area contributed by atoms with Crippen molar-refractivity contribution in [3.05, 3.63) is 33.8 Å². The molecule has 1 aromatic rings. The van der Waals surface area contributed by atoms with Gasteiger partial charge in [-0.05, 0) is 30.5 Å². The lowest BCUT2D eigenvalue weighted by Gasteiger charge is -2.04. The molecule has 1 rings (SSSR count). The Morgan fingerprint density at radius 1 is 1.07 bits per heavy atom. The van der Waals surface area contributed by atoms with Gasteiger partial charge in [0.2, 0.25) is 0 Å². The van der Waals surface area contributed by atoms with Crippen LogP contribution in [-0.2, 0) is 6.42 Å². The van der Waals surface area contributed by atoms with Gasteiger partial charge in [0.15, 0.2) is 0 Å². The third-order valence-corrected chi connectivity index (χ3v) is 2.55. The molecule has 0 radical (unpaired) electrons. The summed E-state index contributed by atoms with van der Waals surface area (Å²) in [6.45, 7) is 6.16. The molecule has 2 heteroatoms. The molecule has 0 fully saturated rings. The fourth-order valence-electron chi connectivity index (χ4n) is 1.12. The minimum Gasteiger partial charge on any atom is -0.0840 e. The van der Waals surface area contributed by atoms with E-state index >= 15 is 0 Å². The molecule has 0 saturated heterocycles. The van der Waals surface area contributed by atoms with E-state index in [4.69, 9.17) is 23.2 Å². The Morgan fingerprint density at radius 2 is 1.57 bits per heavy atom. The number of benzene rings is 1. The van der Waals surface area contributed by atoms with Crippen LogP contribution < -0.4 is 0 Å². The molecule has 14 heavy (non-hydrogen) atoms. The number of unbranched alkanes of at least 4 members (excludes halogenated alkanes) is 1. The van der Waals surface area contributed by atoms with Gasteiger partial charge in [-0.3, -0.25) is 0 Å². The summed E-state index contributed by atoms with van der Waals surface area (Å²) in [5.74, 6) is 0. The van der Waals surface area contributed by atoms with Crippen LogP contribution in [0.1, 0.15) is 39.2 Å². The molecule has 1 aromatic carbocycles. The van der Waals surface area contributed by atoms with E-state index in [-0.39, 0.29) is 0 Å². The number of rotatable bonds is 3. The lowest BCUT2D eigenvalue weighted by molar-refractivity contribution is 0.795.